The second kappa shape index (κ2) is 3.29. The lowest BCUT2D eigenvalue weighted by Gasteiger charge is -2.14. The lowest BCUT2D eigenvalue weighted by molar-refractivity contribution is -0.125. The molecule has 3 heteroatoms. The fraction of sp³-hybridized carbons (Fsp3) is 0.900. The summed E-state index contributed by atoms with van der Waals surface area (Å²) in [5.74, 6) is 0.935. The van der Waals surface area contributed by atoms with Crippen LogP contribution in [0.5, 0.6) is 0 Å². The van der Waals surface area contributed by atoms with Crippen LogP contribution in [0.4, 0.5) is 0 Å². The Morgan fingerprint density at radius 2 is 2.23 bits per heavy atom. The van der Waals surface area contributed by atoms with Crippen molar-refractivity contribution in [3.8, 4) is 0 Å². The number of rotatable bonds is 5. The first-order valence-electron chi connectivity index (χ1n) is 5.02. The van der Waals surface area contributed by atoms with Crippen molar-refractivity contribution in [2.45, 2.75) is 25.7 Å². The van der Waals surface area contributed by atoms with Crippen LogP contribution in [-0.4, -0.2) is 26.2 Å². The lowest BCUT2D eigenvalue weighted by atomic mass is 10.0. The minimum absolute atomic E-state index is 0.0226. The molecule has 0 aromatic heterocycles. The van der Waals surface area contributed by atoms with Gasteiger partial charge in [0, 0.05) is 13.7 Å². The number of hydrogen-bond acceptors (Lipinski definition) is 2. The first-order chi connectivity index (χ1) is 6.27. The Kier molecular flexibility index (Phi) is 2.28. The van der Waals surface area contributed by atoms with Crippen molar-refractivity contribution >= 4 is 5.91 Å². The molecule has 0 bridgehead atoms. The molecule has 13 heavy (non-hydrogen) atoms. The predicted molar refractivity (Wildman–Crippen MR) is 49.3 cm³/mol. The number of methoxy groups -OCH3 is 1. The van der Waals surface area contributed by atoms with Crippen molar-refractivity contribution in [3.05, 3.63) is 0 Å². The highest BCUT2D eigenvalue weighted by molar-refractivity contribution is 5.77. The second-order valence-electron chi connectivity index (χ2n) is 4.35. The van der Waals surface area contributed by atoms with Crippen molar-refractivity contribution in [3.63, 3.8) is 0 Å². The minimum Gasteiger partial charge on any atom is -0.375 e. The summed E-state index contributed by atoms with van der Waals surface area (Å²) in [6.45, 7) is 1.07. The second-order valence-corrected chi connectivity index (χ2v) is 4.35. The summed E-state index contributed by atoms with van der Waals surface area (Å²) in [7, 11) is 1.55. The van der Waals surface area contributed by atoms with E-state index in [-0.39, 0.29) is 12.5 Å². The number of carbonyl (C=O) groups excluding carboxylic acids is 1. The fourth-order valence-corrected chi connectivity index (χ4v) is 2.04. The Hall–Kier alpha value is -0.570. The van der Waals surface area contributed by atoms with Gasteiger partial charge in [-0.3, -0.25) is 4.79 Å². The lowest BCUT2D eigenvalue weighted by Crippen LogP contribution is -2.33. The molecule has 74 valence electrons. The number of amides is 1. The van der Waals surface area contributed by atoms with Crippen LogP contribution in [0, 0.1) is 11.3 Å². The van der Waals surface area contributed by atoms with Crippen LogP contribution in [0.3, 0.4) is 0 Å². The Morgan fingerprint density at radius 1 is 1.54 bits per heavy atom. The number of ether oxygens (including phenoxy) is 1. The number of carbonyl (C=O) groups is 1. The van der Waals surface area contributed by atoms with Gasteiger partial charge in [-0.2, -0.15) is 0 Å². The molecule has 2 aliphatic rings. The zero-order chi connectivity index (χ0) is 9.31. The minimum atomic E-state index is 0.0226. The van der Waals surface area contributed by atoms with E-state index in [0.29, 0.717) is 5.41 Å². The van der Waals surface area contributed by atoms with Gasteiger partial charge in [-0.15, -0.1) is 0 Å². The first kappa shape index (κ1) is 9.00. The molecule has 2 fully saturated rings. The van der Waals surface area contributed by atoms with Crippen molar-refractivity contribution in [2.75, 3.05) is 20.3 Å². The molecule has 0 radical (unpaired) electrons. The maximum atomic E-state index is 11.1. The molecule has 0 aromatic rings. The smallest absolute Gasteiger partial charge is 0.246 e. The van der Waals surface area contributed by atoms with Crippen molar-refractivity contribution < 1.29 is 9.53 Å². The highest BCUT2D eigenvalue weighted by atomic mass is 16.5. The van der Waals surface area contributed by atoms with Crippen LogP contribution in [-0.2, 0) is 9.53 Å². The summed E-state index contributed by atoms with van der Waals surface area (Å²) >= 11 is 0. The van der Waals surface area contributed by atoms with Crippen LogP contribution >= 0.6 is 0 Å². The van der Waals surface area contributed by atoms with Gasteiger partial charge in [-0.05, 0) is 37.0 Å². The summed E-state index contributed by atoms with van der Waals surface area (Å²) in [4.78, 5) is 11.1. The molecule has 3 nitrogen and oxygen atoms in total. The molecule has 0 atom stereocenters. The quantitative estimate of drug-likeness (QED) is 0.689. The maximum absolute atomic E-state index is 11.1. The molecule has 0 aliphatic heterocycles. The number of nitrogens with one attached hydrogen (secondary N) is 1. The van der Waals surface area contributed by atoms with Crippen LogP contribution < -0.4 is 5.32 Å². The van der Waals surface area contributed by atoms with Crippen LogP contribution in [0.25, 0.3) is 0 Å². The van der Waals surface area contributed by atoms with E-state index >= 15 is 0 Å². The Labute approximate surface area is 78.8 Å². The third-order valence-electron chi connectivity index (χ3n) is 3.25. The largest absolute Gasteiger partial charge is 0.375 e. The summed E-state index contributed by atoms with van der Waals surface area (Å²) in [6.07, 6.45) is 5.37. The molecule has 1 amide bonds. The van der Waals surface area contributed by atoms with Crippen LogP contribution in [0.2, 0.25) is 0 Å². The molecular formula is C10H17NO2. The molecule has 0 heterocycles. The fourth-order valence-electron chi connectivity index (χ4n) is 2.04. The molecular weight excluding hydrogens is 166 g/mol. The molecule has 0 aromatic carbocycles. The van der Waals surface area contributed by atoms with Gasteiger partial charge in [0.25, 0.3) is 0 Å². The average Bonchev–Trinajstić information content (AvgIpc) is 2.95. The van der Waals surface area contributed by atoms with Gasteiger partial charge in [0.15, 0.2) is 0 Å². The molecule has 2 saturated carbocycles. The van der Waals surface area contributed by atoms with Crippen molar-refractivity contribution in [1.29, 1.82) is 0 Å². The zero-order valence-corrected chi connectivity index (χ0v) is 8.14. The van der Waals surface area contributed by atoms with E-state index in [9.17, 15) is 4.79 Å². The van der Waals surface area contributed by atoms with Gasteiger partial charge in [0.05, 0.1) is 0 Å². The van der Waals surface area contributed by atoms with E-state index < -0.39 is 0 Å². The molecule has 2 aliphatic carbocycles. The molecule has 0 spiro atoms. The van der Waals surface area contributed by atoms with Crippen molar-refractivity contribution in [1.82, 2.24) is 5.32 Å². The molecule has 1 N–H and O–H groups in total. The van der Waals surface area contributed by atoms with E-state index in [4.69, 9.17) is 4.74 Å². The Balaban J connectivity index is 1.69. The van der Waals surface area contributed by atoms with Gasteiger partial charge in [-0.25, -0.2) is 0 Å². The zero-order valence-electron chi connectivity index (χ0n) is 8.14. The van der Waals surface area contributed by atoms with Crippen molar-refractivity contribution in [2.24, 2.45) is 11.3 Å². The third kappa shape index (κ3) is 2.02. The predicted octanol–water partition coefficient (Wildman–Crippen LogP) is 0.939. The van der Waals surface area contributed by atoms with E-state index in [2.05, 4.69) is 5.32 Å². The van der Waals surface area contributed by atoms with Gasteiger partial charge in [0.1, 0.15) is 6.61 Å². The number of hydrogen-bond donors (Lipinski definition) is 1. The maximum Gasteiger partial charge on any atom is 0.246 e. The standard InChI is InChI=1S/C10H17NO2/c1-13-6-9(12)11-7-10(4-5-10)8-2-3-8/h8H,2-7H2,1H3,(H,11,12). The first-order valence-corrected chi connectivity index (χ1v) is 5.02. The van der Waals surface area contributed by atoms with Gasteiger partial charge < -0.3 is 10.1 Å². The summed E-state index contributed by atoms with van der Waals surface area (Å²) < 4.78 is 4.75. The Morgan fingerprint density at radius 3 is 2.69 bits per heavy atom. The summed E-state index contributed by atoms with van der Waals surface area (Å²) in [6, 6.07) is 0. The van der Waals surface area contributed by atoms with Gasteiger partial charge in [-0.1, -0.05) is 0 Å². The van der Waals surface area contributed by atoms with Crippen LogP contribution in [0.15, 0.2) is 0 Å². The van der Waals surface area contributed by atoms with E-state index in [1.165, 1.54) is 25.7 Å². The van der Waals surface area contributed by atoms with E-state index in [1.807, 2.05) is 0 Å². The average molecular weight is 183 g/mol. The van der Waals surface area contributed by atoms with E-state index in [1.54, 1.807) is 7.11 Å². The Bertz CT molecular complexity index is 207. The summed E-state index contributed by atoms with van der Waals surface area (Å²) in [5, 5.41) is 2.94. The molecule has 0 unspecified atom stereocenters. The molecule has 0 saturated heterocycles. The SMILES string of the molecule is COCC(=O)NCC1(C2CC2)CC1. The molecule has 2 rings (SSSR count). The summed E-state index contributed by atoms with van der Waals surface area (Å²) in [5.41, 5.74) is 0.503. The van der Waals surface area contributed by atoms with E-state index in [0.717, 1.165) is 12.5 Å². The van der Waals surface area contributed by atoms with Gasteiger partial charge >= 0.3 is 0 Å². The van der Waals surface area contributed by atoms with Crippen LogP contribution in [0.1, 0.15) is 25.7 Å². The van der Waals surface area contributed by atoms with Gasteiger partial charge in [0.2, 0.25) is 5.91 Å². The third-order valence-corrected chi connectivity index (χ3v) is 3.25. The monoisotopic (exact) mass is 183 g/mol. The highest BCUT2D eigenvalue weighted by Crippen LogP contribution is 2.60. The normalized spacial score (nSPS) is 24.1. The topological polar surface area (TPSA) is 38.3 Å². The highest BCUT2D eigenvalue weighted by Gasteiger charge is 2.53.